The first kappa shape index (κ1) is 21.8. The molecule has 5 rings (SSSR count). The number of carbonyl (C=O) groups is 1. The third kappa shape index (κ3) is 4.31. The lowest BCUT2D eigenvalue weighted by Gasteiger charge is -2.32. The van der Waals surface area contributed by atoms with Crippen LogP contribution in [0.3, 0.4) is 0 Å². The monoisotopic (exact) mass is 448 g/mol. The van der Waals surface area contributed by atoms with Crippen LogP contribution in [0.15, 0.2) is 29.2 Å². The number of carbonyl (C=O) groups excluding carboxylic acids is 1. The number of fused-ring (bicyclic) bond motifs is 2. The van der Waals surface area contributed by atoms with E-state index in [1.54, 1.807) is 4.90 Å². The van der Waals surface area contributed by atoms with Crippen LogP contribution in [0.4, 0.5) is 0 Å². The van der Waals surface area contributed by atoms with Crippen molar-refractivity contribution in [1.82, 2.24) is 29.2 Å². The minimum Gasteiger partial charge on any atom is -0.338 e. The van der Waals surface area contributed by atoms with Gasteiger partial charge in [0.1, 0.15) is 11.5 Å². The Morgan fingerprint density at radius 1 is 1.18 bits per heavy atom. The van der Waals surface area contributed by atoms with E-state index in [1.165, 1.54) is 5.69 Å². The molecule has 2 aliphatic rings. The Kier molecular flexibility index (Phi) is 6.01. The van der Waals surface area contributed by atoms with Gasteiger partial charge in [-0.3, -0.25) is 14.5 Å². The number of piperidine rings is 1. The number of rotatable bonds is 5. The minimum absolute atomic E-state index is 0.0761. The standard InChI is InChI=1S/C25H32N6O2/c1-3-6-23(32)30-14-10-20-19(15-30)25(33)28-24(27-20)18-8-12-29(13-9-18)16-21-17(2)26-22-7-4-5-11-31(21)22/h4-5,7,11,18H,3,6,8-10,12-16H2,1-2H3,(H,27,28,33). The van der Waals surface area contributed by atoms with Crippen LogP contribution in [-0.2, 0) is 24.3 Å². The number of aromatic nitrogens is 4. The van der Waals surface area contributed by atoms with E-state index in [0.29, 0.717) is 31.5 Å². The zero-order chi connectivity index (χ0) is 22.9. The van der Waals surface area contributed by atoms with Gasteiger partial charge in [-0.25, -0.2) is 9.97 Å². The number of amides is 1. The number of pyridine rings is 1. The lowest BCUT2D eigenvalue weighted by atomic mass is 9.95. The van der Waals surface area contributed by atoms with Crippen LogP contribution >= 0.6 is 0 Å². The molecule has 0 unspecified atom stereocenters. The fraction of sp³-hybridized carbons (Fsp3) is 0.520. The van der Waals surface area contributed by atoms with E-state index in [-0.39, 0.29) is 17.4 Å². The van der Waals surface area contributed by atoms with Crippen molar-refractivity contribution in [3.8, 4) is 0 Å². The lowest BCUT2D eigenvalue weighted by molar-refractivity contribution is -0.132. The summed E-state index contributed by atoms with van der Waals surface area (Å²) in [7, 11) is 0. The topological polar surface area (TPSA) is 86.6 Å². The van der Waals surface area contributed by atoms with Gasteiger partial charge in [-0.05, 0) is 51.4 Å². The summed E-state index contributed by atoms with van der Waals surface area (Å²) in [6.07, 6.45) is 6.04. The predicted molar refractivity (Wildman–Crippen MR) is 126 cm³/mol. The van der Waals surface area contributed by atoms with Crippen LogP contribution in [0, 0.1) is 6.92 Å². The Labute approximate surface area is 193 Å². The van der Waals surface area contributed by atoms with Crippen LogP contribution in [0.2, 0.25) is 0 Å². The highest BCUT2D eigenvalue weighted by molar-refractivity contribution is 5.76. The fourth-order valence-electron chi connectivity index (χ4n) is 5.15. The van der Waals surface area contributed by atoms with Crippen molar-refractivity contribution in [2.75, 3.05) is 19.6 Å². The van der Waals surface area contributed by atoms with Crippen molar-refractivity contribution in [1.29, 1.82) is 0 Å². The van der Waals surface area contributed by atoms with Crippen molar-refractivity contribution in [3.05, 3.63) is 63.2 Å². The zero-order valence-corrected chi connectivity index (χ0v) is 19.5. The van der Waals surface area contributed by atoms with Gasteiger partial charge in [0.15, 0.2) is 0 Å². The minimum atomic E-state index is -0.0761. The molecule has 0 aromatic carbocycles. The number of hydrogen-bond acceptors (Lipinski definition) is 5. The molecule has 8 heteroatoms. The molecular weight excluding hydrogens is 416 g/mol. The number of aryl methyl sites for hydroxylation is 1. The van der Waals surface area contributed by atoms with Crippen molar-refractivity contribution in [3.63, 3.8) is 0 Å². The van der Waals surface area contributed by atoms with Crippen molar-refractivity contribution in [2.45, 2.75) is 65.0 Å². The number of aromatic amines is 1. The molecule has 0 saturated carbocycles. The molecule has 33 heavy (non-hydrogen) atoms. The van der Waals surface area contributed by atoms with Crippen LogP contribution in [0.1, 0.15) is 67.0 Å². The highest BCUT2D eigenvalue weighted by atomic mass is 16.2. The summed E-state index contributed by atoms with van der Waals surface area (Å²) in [5.74, 6) is 1.21. The fourth-order valence-corrected chi connectivity index (χ4v) is 5.15. The molecule has 1 N–H and O–H groups in total. The second-order valence-electron chi connectivity index (χ2n) is 9.31. The predicted octanol–water partition coefficient (Wildman–Crippen LogP) is 2.79. The van der Waals surface area contributed by atoms with Gasteiger partial charge in [-0.1, -0.05) is 13.0 Å². The average molecular weight is 449 g/mol. The maximum absolute atomic E-state index is 12.8. The molecule has 0 bridgehead atoms. The molecule has 8 nitrogen and oxygen atoms in total. The van der Waals surface area contributed by atoms with E-state index >= 15 is 0 Å². The highest BCUT2D eigenvalue weighted by Gasteiger charge is 2.28. The van der Waals surface area contributed by atoms with E-state index in [0.717, 1.165) is 61.8 Å². The number of imidazole rings is 1. The van der Waals surface area contributed by atoms with Gasteiger partial charge in [0.25, 0.3) is 5.56 Å². The number of nitrogens with one attached hydrogen (secondary N) is 1. The summed E-state index contributed by atoms with van der Waals surface area (Å²) in [6.45, 7) is 7.91. The lowest BCUT2D eigenvalue weighted by Crippen LogP contribution is -2.40. The number of H-pyrrole nitrogens is 1. The van der Waals surface area contributed by atoms with Gasteiger partial charge in [0.05, 0.1) is 29.2 Å². The second-order valence-corrected chi connectivity index (χ2v) is 9.31. The summed E-state index contributed by atoms with van der Waals surface area (Å²) in [5, 5.41) is 0. The molecule has 1 saturated heterocycles. The summed E-state index contributed by atoms with van der Waals surface area (Å²) in [5.41, 5.74) is 4.77. The SMILES string of the molecule is CCCC(=O)N1CCc2nc(C3CCN(Cc4c(C)nc5ccccn45)CC3)[nH]c(=O)c2C1. The number of likely N-dealkylation sites (tertiary alicyclic amines) is 1. The highest BCUT2D eigenvalue weighted by Crippen LogP contribution is 2.27. The largest absolute Gasteiger partial charge is 0.338 e. The van der Waals surface area contributed by atoms with Crippen molar-refractivity contribution < 1.29 is 4.79 Å². The molecule has 1 fully saturated rings. The van der Waals surface area contributed by atoms with E-state index in [2.05, 4.69) is 32.4 Å². The summed E-state index contributed by atoms with van der Waals surface area (Å²) < 4.78 is 2.18. The first-order valence-electron chi connectivity index (χ1n) is 12.1. The quantitative estimate of drug-likeness (QED) is 0.649. The first-order valence-corrected chi connectivity index (χ1v) is 12.1. The molecule has 1 amide bonds. The number of hydrogen-bond donors (Lipinski definition) is 1. The van der Waals surface area contributed by atoms with E-state index < -0.39 is 0 Å². The normalized spacial score (nSPS) is 17.5. The number of nitrogens with zero attached hydrogens (tertiary/aromatic N) is 5. The molecule has 0 radical (unpaired) electrons. The first-order chi connectivity index (χ1) is 16.0. The van der Waals surface area contributed by atoms with Crippen molar-refractivity contribution >= 4 is 11.6 Å². The molecular formula is C25H32N6O2. The van der Waals surface area contributed by atoms with Crippen molar-refractivity contribution in [2.24, 2.45) is 0 Å². The smallest absolute Gasteiger partial charge is 0.256 e. The van der Waals surface area contributed by atoms with Crippen LogP contribution in [0.25, 0.3) is 5.65 Å². The summed E-state index contributed by atoms with van der Waals surface area (Å²) in [4.78, 5) is 42.0. The Hall–Kier alpha value is -3.00. The molecule has 0 spiro atoms. The Morgan fingerprint density at radius 3 is 2.79 bits per heavy atom. The Balaban J connectivity index is 1.25. The third-order valence-corrected chi connectivity index (χ3v) is 7.08. The van der Waals surface area contributed by atoms with Gasteiger partial charge < -0.3 is 14.3 Å². The van der Waals surface area contributed by atoms with E-state index in [1.807, 2.05) is 25.1 Å². The maximum atomic E-state index is 12.8. The second kappa shape index (κ2) is 9.09. The average Bonchev–Trinajstić information content (AvgIpc) is 3.14. The van der Waals surface area contributed by atoms with Crippen LogP contribution in [-0.4, -0.2) is 54.7 Å². The molecule has 0 atom stereocenters. The Bertz CT molecular complexity index is 1220. The van der Waals surface area contributed by atoms with Gasteiger partial charge in [0.2, 0.25) is 5.91 Å². The summed E-state index contributed by atoms with van der Waals surface area (Å²) >= 11 is 0. The molecule has 3 aromatic rings. The Morgan fingerprint density at radius 2 is 2.00 bits per heavy atom. The van der Waals surface area contributed by atoms with Gasteiger partial charge in [-0.15, -0.1) is 0 Å². The van der Waals surface area contributed by atoms with Gasteiger partial charge >= 0.3 is 0 Å². The molecule has 174 valence electrons. The van der Waals surface area contributed by atoms with Gasteiger partial charge in [-0.2, -0.15) is 0 Å². The van der Waals surface area contributed by atoms with Crippen LogP contribution < -0.4 is 5.56 Å². The third-order valence-electron chi connectivity index (χ3n) is 7.08. The maximum Gasteiger partial charge on any atom is 0.256 e. The van der Waals surface area contributed by atoms with E-state index in [4.69, 9.17) is 4.98 Å². The van der Waals surface area contributed by atoms with Gasteiger partial charge in [0, 0.05) is 38.0 Å². The summed E-state index contributed by atoms with van der Waals surface area (Å²) in [6, 6.07) is 6.10. The van der Waals surface area contributed by atoms with Crippen LogP contribution in [0.5, 0.6) is 0 Å². The van der Waals surface area contributed by atoms with E-state index in [9.17, 15) is 9.59 Å². The molecule has 5 heterocycles. The zero-order valence-electron chi connectivity index (χ0n) is 19.5. The molecule has 3 aromatic heterocycles. The molecule has 2 aliphatic heterocycles. The molecule has 0 aliphatic carbocycles.